The van der Waals surface area contributed by atoms with Gasteiger partial charge < -0.3 is 5.32 Å². The van der Waals surface area contributed by atoms with Gasteiger partial charge in [0.25, 0.3) is 5.91 Å². The first-order valence-corrected chi connectivity index (χ1v) is 11.0. The summed E-state index contributed by atoms with van der Waals surface area (Å²) in [5.41, 5.74) is 4.66. The van der Waals surface area contributed by atoms with Crippen LogP contribution < -0.4 is 5.32 Å². The van der Waals surface area contributed by atoms with Crippen LogP contribution in [-0.4, -0.2) is 27.2 Å². The molecule has 1 N–H and O–H groups in total. The minimum atomic E-state index is -0.194. The molecule has 1 amide bonds. The molecule has 5 nitrogen and oxygen atoms in total. The van der Waals surface area contributed by atoms with E-state index in [4.69, 9.17) is 10.1 Å². The Balaban J connectivity index is 1.50. The highest BCUT2D eigenvalue weighted by Gasteiger charge is 2.44. The lowest BCUT2D eigenvalue weighted by Crippen LogP contribution is -2.32. The first-order chi connectivity index (χ1) is 14.3. The van der Waals surface area contributed by atoms with Crippen LogP contribution in [0.3, 0.4) is 0 Å². The molecule has 2 aliphatic rings. The molecule has 5 heteroatoms. The van der Waals surface area contributed by atoms with E-state index in [9.17, 15) is 4.79 Å². The highest BCUT2D eigenvalue weighted by Crippen LogP contribution is 2.47. The first kappa shape index (κ1) is 19.3. The van der Waals surface area contributed by atoms with Crippen molar-refractivity contribution in [1.29, 1.82) is 0 Å². The van der Waals surface area contributed by atoms with Crippen molar-refractivity contribution in [1.82, 2.24) is 20.1 Å². The van der Waals surface area contributed by atoms with Gasteiger partial charge in [-0.15, -0.1) is 0 Å². The van der Waals surface area contributed by atoms with Gasteiger partial charge in [-0.1, -0.05) is 30.3 Å². The number of pyridine rings is 1. The van der Waals surface area contributed by atoms with Crippen LogP contribution in [0.2, 0.25) is 0 Å². The Morgan fingerprint density at radius 2 is 1.90 bits per heavy atom. The molecule has 0 saturated heterocycles. The quantitative estimate of drug-likeness (QED) is 0.665. The van der Waals surface area contributed by atoms with Crippen molar-refractivity contribution in [3.05, 3.63) is 58.9 Å². The van der Waals surface area contributed by atoms with Gasteiger partial charge in [0.15, 0.2) is 5.65 Å². The number of nitrogens with one attached hydrogen (secondary N) is 1. The number of hydrogen-bond acceptors (Lipinski definition) is 3. The van der Waals surface area contributed by atoms with Crippen LogP contribution >= 0.6 is 0 Å². The summed E-state index contributed by atoms with van der Waals surface area (Å²) >= 11 is 0. The van der Waals surface area contributed by atoms with Crippen molar-refractivity contribution in [2.45, 2.75) is 70.3 Å². The van der Waals surface area contributed by atoms with Crippen LogP contribution in [0.15, 0.2) is 36.4 Å². The standard InChI is InChI=1S/C25H30N4O/c1-16-21-19(23(30)26-15-25(12-13-25)18-8-6-5-7-9-18)14-20(17-10-11-17)27-22(21)29(28-16)24(2,3)4/h5-9,14,17H,10-13,15H2,1-4H3,(H,26,30). The summed E-state index contributed by atoms with van der Waals surface area (Å²) < 4.78 is 1.98. The van der Waals surface area contributed by atoms with Crippen molar-refractivity contribution in [2.24, 2.45) is 0 Å². The zero-order valence-electron chi connectivity index (χ0n) is 18.3. The molecular formula is C25H30N4O. The number of rotatable bonds is 5. The molecule has 2 aliphatic carbocycles. The summed E-state index contributed by atoms with van der Waals surface area (Å²) in [5, 5.41) is 8.90. The summed E-state index contributed by atoms with van der Waals surface area (Å²) in [7, 11) is 0. The maximum absolute atomic E-state index is 13.4. The molecule has 0 atom stereocenters. The highest BCUT2D eigenvalue weighted by atomic mass is 16.1. The van der Waals surface area contributed by atoms with Gasteiger partial charge >= 0.3 is 0 Å². The smallest absolute Gasteiger partial charge is 0.252 e. The Morgan fingerprint density at radius 1 is 1.20 bits per heavy atom. The van der Waals surface area contributed by atoms with Gasteiger partial charge in [-0.3, -0.25) is 4.79 Å². The lowest BCUT2D eigenvalue weighted by atomic mass is 9.96. The van der Waals surface area contributed by atoms with Crippen LogP contribution in [-0.2, 0) is 11.0 Å². The molecule has 2 saturated carbocycles. The van der Waals surface area contributed by atoms with Gasteiger partial charge in [0.05, 0.1) is 22.2 Å². The number of hydrogen-bond donors (Lipinski definition) is 1. The van der Waals surface area contributed by atoms with Crippen LogP contribution in [0.25, 0.3) is 11.0 Å². The van der Waals surface area contributed by atoms with E-state index < -0.39 is 0 Å². The summed E-state index contributed by atoms with van der Waals surface area (Å²) in [5.74, 6) is 0.465. The molecule has 1 aromatic carbocycles. The normalized spacial score (nSPS) is 17.9. The van der Waals surface area contributed by atoms with Gasteiger partial charge in [0, 0.05) is 23.6 Å². The highest BCUT2D eigenvalue weighted by molar-refractivity contribution is 6.06. The molecule has 2 heterocycles. The van der Waals surface area contributed by atoms with Crippen LogP contribution in [0, 0.1) is 6.92 Å². The van der Waals surface area contributed by atoms with Gasteiger partial charge in [-0.25, -0.2) is 9.67 Å². The van der Waals surface area contributed by atoms with Crippen molar-refractivity contribution >= 4 is 16.9 Å². The zero-order valence-corrected chi connectivity index (χ0v) is 18.3. The van der Waals surface area contributed by atoms with Crippen LogP contribution in [0.4, 0.5) is 0 Å². The fraction of sp³-hybridized carbons (Fsp3) is 0.480. The van der Waals surface area contributed by atoms with Crippen LogP contribution in [0.1, 0.15) is 79.7 Å². The SMILES string of the molecule is Cc1nn(C(C)(C)C)c2nc(C3CC3)cc(C(=O)NCC3(c4ccccc4)CC3)c12. The topological polar surface area (TPSA) is 59.8 Å². The maximum atomic E-state index is 13.4. The fourth-order valence-corrected chi connectivity index (χ4v) is 4.40. The molecule has 30 heavy (non-hydrogen) atoms. The van der Waals surface area contributed by atoms with Gasteiger partial charge in [0.1, 0.15) is 0 Å². The summed E-state index contributed by atoms with van der Waals surface area (Å²) in [6, 6.07) is 12.6. The number of benzene rings is 1. The van der Waals surface area contributed by atoms with Gasteiger partial charge in [-0.2, -0.15) is 5.10 Å². The number of amides is 1. The Hall–Kier alpha value is -2.69. The number of aryl methyl sites for hydroxylation is 1. The predicted molar refractivity (Wildman–Crippen MR) is 119 cm³/mol. The summed E-state index contributed by atoms with van der Waals surface area (Å²) in [4.78, 5) is 18.4. The second-order valence-corrected chi connectivity index (χ2v) is 10.1. The minimum absolute atomic E-state index is 0.0111. The second-order valence-electron chi connectivity index (χ2n) is 10.1. The average molecular weight is 403 g/mol. The third kappa shape index (κ3) is 3.30. The molecule has 0 bridgehead atoms. The van der Waals surface area contributed by atoms with Crippen molar-refractivity contribution in [3.63, 3.8) is 0 Å². The third-order valence-electron chi connectivity index (χ3n) is 6.54. The number of fused-ring (bicyclic) bond motifs is 1. The number of aromatic nitrogens is 3. The molecule has 3 aromatic rings. The van der Waals surface area contributed by atoms with E-state index in [2.05, 4.69) is 50.4 Å². The van der Waals surface area contributed by atoms with E-state index >= 15 is 0 Å². The summed E-state index contributed by atoms with van der Waals surface area (Å²) in [6.45, 7) is 9.03. The zero-order chi connectivity index (χ0) is 21.1. The molecule has 0 aliphatic heterocycles. The van der Waals surface area contributed by atoms with E-state index in [-0.39, 0.29) is 16.9 Å². The number of carbonyl (C=O) groups excluding carboxylic acids is 1. The molecule has 2 fully saturated rings. The van der Waals surface area contributed by atoms with E-state index in [1.165, 1.54) is 5.56 Å². The Labute approximate surface area is 177 Å². The van der Waals surface area contributed by atoms with E-state index in [1.54, 1.807) is 0 Å². The summed E-state index contributed by atoms with van der Waals surface area (Å²) in [6.07, 6.45) is 4.55. The Kier molecular flexibility index (Phi) is 4.28. The Morgan fingerprint density at radius 3 is 2.50 bits per heavy atom. The molecule has 5 rings (SSSR count). The van der Waals surface area contributed by atoms with Gasteiger partial charge in [0.2, 0.25) is 0 Å². The molecule has 2 aromatic heterocycles. The van der Waals surface area contributed by atoms with Crippen molar-refractivity contribution in [2.75, 3.05) is 6.54 Å². The predicted octanol–water partition coefficient (Wildman–Crippen LogP) is 4.83. The number of carbonyl (C=O) groups is 1. The monoisotopic (exact) mass is 402 g/mol. The molecule has 0 spiro atoms. The van der Waals surface area contributed by atoms with Crippen molar-refractivity contribution < 1.29 is 4.79 Å². The van der Waals surface area contributed by atoms with E-state index in [0.717, 1.165) is 53.7 Å². The molecular weight excluding hydrogens is 372 g/mol. The number of nitrogens with zero attached hydrogens (tertiary/aromatic N) is 3. The van der Waals surface area contributed by atoms with Crippen LogP contribution in [0.5, 0.6) is 0 Å². The van der Waals surface area contributed by atoms with E-state index in [1.807, 2.05) is 23.7 Å². The lowest BCUT2D eigenvalue weighted by Gasteiger charge is -2.20. The molecule has 0 unspecified atom stereocenters. The van der Waals surface area contributed by atoms with E-state index in [0.29, 0.717) is 12.5 Å². The van der Waals surface area contributed by atoms with Gasteiger partial charge in [-0.05, 0) is 65.0 Å². The lowest BCUT2D eigenvalue weighted by molar-refractivity contribution is 0.0951. The average Bonchev–Trinajstić information content (AvgIpc) is 3.64. The molecule has 0 radical (unpaired) electrons. The fourth-order valence-electron chi connectivity index (χ4n) is 4.40. The third-order valence-corrected chi connectivity index (χ3v) is 6.54. The first-order valence-electron chi connectivity index (χ1n) is 11.0. The molecule has 156 valence electrons. The Bertz CT molecular complexity index is 1120. The maximum Gasteiger partial charge on any atom is 0.252 e. The largest absolute Gasteiger partial charge is 0.351 e. The minimum Gasteiger partial charge on any atom is -0.351 e. The van der Waals surface area contributed by atoms with Crippen molar-refractivity contribution in [3.8, 4) is 0 Å². The second kappa shape index (κ2) is 6.66.